The Morgan fingerprint density at radius 3 is 2.29 bits per heavy atom. The molecule has 42 heavy (non-hydrogen) atoms. The van der Waals surface area contributed by atoms with Gasteiger partial charge in [0, 0.05) is 37.8 Å². The van der Waals surface area contributed by atoms with Crippen LogP contribution >= 0.6 is 0 Å². The summed E-state index contributed by atoms with van der Waals surface area (Å²) < 4.78 is 10.7. The molecule has 2 aromatic rings. The summed E-state index contributed by atoms with van der Waals surface area (Å²) in [6.45, 7) is 4.33. The quantitative estimate of drug-likeness (QED) is 0.175. The van der Waals surface area contributed by atoms with Crippen molar-refractivity contribution in [3.05, 3.63) is 35.4 Å². The van der Waals surface area contributed by atoms with E-state index in [0.717, 1.165) is 23.9 Å². The van der Waals surface area contributed by atoms with Crippen LogP contribution in [0.15, 0.2) is 24.3 Å². The molecule has 3 fully saturated rings. The number of anilines is 3. The second-order valence-corrected chi connectivity index (χ2v) is 11.9. The van der Waals surface area contributed by atoms with Gasteiger partial charge in [-0.05, 0) is 67.6 Å². The number of ether oxygens (including phenoxy) is 2. The first-order chi connectivity index (χ1) is 20.7. The number of carbonyl (C=O) groups excluding carboxylic acids is 1. The van der Waals surface area contributed by atoms with Crippen LogP contribution in [0.25, 0.3) is 0 Å². The van der Waals surface area contributed by atoms with Gasteiger partial charge >= 0.3 is 0 Å². The number of nitrogens with two attached hydrogens (primary N) is 1. The second kappa shape index (κ2) is 16.0. The van der Waals surface area contributed by atoms with E-state index in [0.29, 0.717) is 81.4 Å². The van der Waals surface area contributed by atoms with Gasteiger partial charge in [0.2, 0.25) is 17.8 Å². The maximum absolute atomic E-state index is 12.5. The van der Waals surface area contributed by atoms with Crippen LogP contribution in [0.3, 0.4) is 0 Å². The monoisotopic (exact) mass is 580 g/mol. The molecular formula is C31H48N8O3. The molecule has 6 N–H and O–H groups in total. The average Bonchev–Trinajstić information content (AvgIpc) is 3.65. The molecule has 3 aliphatic carbocycles. The maximum Gasteiger partial charge on any atom is 0.251 e. The second-order valence-electron chi connectivity index (χ2n) is 11.9. The lowest BCUT2D eigenvalue weighted by Gasteiger charge is -2.24. The van der Waals surface area contributed by atoms with Gasteiger partial charge < -0.3 is 36.5 Å². The number of nitrogens with one attached hydrogen (secondary N) is 4. The minimum Gasteiger partial charge on any atom is -0.378 e. The molecular weight excluding hydrogens is 532 g/mol. The molecule has 0 spiro atoms. The first-order valence-electron chi connectivity index (χ1n) is 15.9. The molecule has 11 heteroatoms. The van der Waals surface area contributed by atoms with E-state index >= 15 is 0 Å². The van der Waals surface area contributed by atoms with Gasteiger partial charge in [-0.15, -0.1) is 0 Å². The Balaban J connectivity index is 1.11. The summed E-state index contributed by atoms with van der Waals surface area (Å²) in [5, 5.41) is 13.4. The minimum absolute atomic E-state index is 0.125. The van der Waals surface area contributed by atoms with E-state index in [2.05, 4.69) is 21.3 Å². The highest BCUT2D eigenvalue weighted by Gasteiger charge is 2.39. The van der Waals surface area contributed by atoms with E-state index in [9.17, 15) is 4.79 Å². The zero-order valence-electron chi connectivity index (χ0n) is 24.8. The van der Waals surface area contributed by atoms with Crippen LogP contribution in [-0.4, -0.2) is 73.0 Å². The van der Waals surface area contributed by atoms with Crippen molar-refractivity contribution in [2.45, 2.75) is 70.4 Å². The highest BCUT2D eigenvalue weighted by Crippen LogP contribution is 2.45. The van der Waals surface area contributed by atoms with Gasteiger partial charge in [-0.25, -0.2) is 0 Å². The van der Waals surface area contributed by atoms with Gasteiger partial charge in [-0.3, -0.25) is 4.79 Å². The Bertz CT molecular complexity index is 1110. The Hall–Kier alpha value is -3.02. The normalized spacial score (nSPS) is 21.8. The molecule has 0 aliphatic heterocycles. The van der Waals surface area contributed by atoms with Gasteiger partial charge in [-0.2, -0.15) is 15.0 Å². The predicted octanol–water partition coefficient (Wildman–Crippen LogP) is 3.80. The van der Waals surface area contributed by atoms with E-state index in [1.807, 2.05) is 24.3 Å². The highest BCUT2D eigenvalue weighted by molar-refractivity contribution is 5.94. The van der Waals surface area contributed by atoms with Crippen molar-refractivity contribution in [3.63, 3.8) is 0 Å². The van der Waals surface area contributed by atoms with Gasteiger partial charge in [0.15, 0.2) is 0 Å². The molecule has 1 amide bonds. The fraction of sp³-hybridized carbons (Fsp3) is 0.677. The first kappa shape index (κ1) is 30.4. The van der Waals surface area contributed by atoms with Crippen LogP contribution in [0.5, 0.6) is 0 Å². The van der Waals surface area contributed by atoms with E-state index in [4.69, 9.17) is 30.2 Å². The maximum atomic E-state index is 12.5. The van der Waals surface area contributed by atoms with Crippen molar-refractivity contribution in [1.29, 1.82) is 0 Å². The van der Waals surface area contributed by atoms with Crippen LogP contribution in [0.1, 0.15) is 73.7 Å². The lowest BCUT2D eigenvalue weighted by Crippen LogP contribution is -2.27. The van der Waals surface area contributed by atoms with Gasteiger partial charge in [0.1, 0.15) is 0 Å². The Morgan fingerprint density at radius 2 is 1.57 bits per heavy atom. The number of hydrogen-bond acceptors (Lipinski definition) is 10. The third-order valence-electron chi connectivity index (χ3n) is 8.79. The van der Waals surface area contributed by atoms with Crippen LogP contribution in [0.2, 0.25) is 0 Å². The van der Waals surface area contributed by atoms with Crippen molar-refractivity contribution < 1.29 is 14.3 Å². The van der Waals surface area contributed by atoms with Crippen LogP contribution in [0.4, 0.5) is 17.8 Å². The number of fused-ring (bicyclic) bond motifs is 2. The topological polar surface area (TPSA) is 148 Å². The summed E-state index contributed by atoms with van der Waals surface area (Å²) in [7, 11) is 0. The van der Waals surface area contributed by atoms with Crippen LogP contribution in [-0.2, 0) is 16.0 Å². The molecule has 11 nitrogen and oxygen atoms in total. The van der Waals surface area contributed by atoms with Crippen molar-refractivity contribution in [3.8, 4) is 0 Å². The summed E-state index contributed by atoms with van der Waals surface area (Å²) >= 11 is 0. The van der Waals surface area contributed by atoms with E-state index < -0.39 is 0 Å². The smallest absolute Gasteiger partial charge is 0.251 e. The van der Waals surface area contributed by atoms with Crippen molar-refractivity contribution in [1.82, 2.24) is 20.3 Å². The number of rotatable bonds is 17. The molecule has 1 aromatic carbocycles. The standard InChI is InChI=1S/C31H48N8O3/c32-12-14-41-16-17-42-15-13-33-28(40)25-9-6-23(7-10-25)21-35-30-37-29(34-20-22-4-2-1-3-5-22)38-31(39-30)36-27-19-24-8-11-26(27)18-24/h6-7,9-10,22,24,26-27H,1-5,8,11-21,32H2,(H,33,40)(H3,34,35,36,37,38,39). The van der Waals surface area contributed by atoms with Crippen molar-refractivity contribution >= 4 is 23.8 Å². The van der Waals surface area contributed by atoms with Gasteiger partial charge in [-0.1, -0.05) is 37.8 Å². The molecule has 0 radical (unpaired) electrons. The third-order valence-corrected chi connectivity index (χ3v) is 8.79. The SMILES string of the molecule is NCCOCCOCCNC(=O)c1ccc(CNc2nc(NCC3CCCCC3)nc(NC3CC4CCC3C4)n2)cc1. The molecule has 3 unspecified atom stereocenters. The lowest BCUT2D eigenvalue weighted by atomic mass is 9.89. The first-order valence-corrected chi connectivity index (χ1v) is 15.9. The fourth-order valence-electron chi connectivity index (χ4n) is 6.51. The van der Waals surface area contributed by atoms with E-state index in [1.54, 1.807) is 0 Å². The summed E-state index contributed by atoms with van der Waals surface area (Å²) in [6, 6.07) is 8.02. The largest absolute Gasteiger partial charge is 0.378 e. The van der Waals surface area contributed by atoms with Crippen LogP contribution < -0.4 is 27.0 Å². The predicted molar refractivity (Wildman–Crippen MR) is 165 cm³/mol. The number of carbonyl (C=O) groups is 1. The molecule has 0 saturated heterocycles. The molecule has 230 valence electrons. The van der Waals surface area contributed by atoms with Crippen LogP contribution in [0, 0.1) is 17.8 Å². The Kier molecular flexibility index (Phi) is 11.6. The zero-order chi connectivity index (χ0) is 29.0. The molecule has 3 aliphatic rings. The molecule has 3 atom stereocenters. The molecule has 5 rings (SSSR count). The summed E-state index contributed by atoms with van der Waals surface area (Å²) in [5.41, 5.74) is 7.02. The van der Waals surface area contributed by atoms with Crippen molar-refractivity contribution in [2.75, 3.05) is 62.0 Å². The van der Waals surface area contributed by atoms with E-state index in [-0.39, 0.29) is 5.91 Å². The average molecular weight is 581 g/mol. The fourth-order valence-corrected chi connectivity index (χ4v) is 6.51. The number of nitrogens with zero attached hydrogens (tertiary/aromatic N) is 3. The molecule has 1 heterocycles. The Labute approximate surface area is 249 Å². The molecule has 2 bridgehead atoms. The number of hydrogen-bond donors (Lipinski definition) is 5. The van der Waals surface area contributed by atoms with Gasteiger partial charge in [0.05, 0.1) is 26.4 Å². The third kappa shape index (κ3) is 9.24. The lowest BCUT2D eigenvalue weighted by molar-refractivity contribution is 0.0511. The number of aromatic nitrogens is 3. The molecule has 3 saturated carbocycles. The summed E-state index contributed by atoms with van der Waals surface area (Å²) in [6.07, 6.45) is 11.7. The van der Waals surface area contributed by atoms with Crippen molar-refractivity contribution in [2.24, 2.45) is 23.5 Å². The minimum atomic E-state index is -0.125. The molecule has 1 aromatic heterocycles. The zero-order valence-corrected chi connectivity index (χ0v) is 24.8. The number of amides is 1. The van der Waals surface area contributed by atoms with E-state index in [1.165, 1.54) is 57.8 Å². The summed E-state index contributed by atoms with van der Waals surface area (Å²) in [5.74, 6) is 3.96. The highest BCUT2D eigenvalue weighted by atomic mass is 16.5. The Morgan fingerprint density at radius 1 is 0.833 bits per heavy atom. The summed E-state index contributed by atoms with van der Waals surface area (Å²) in [4.78, 5) is 26.7. The number of benzene rings is 1. The van der Waals surface area contributed by atoms with Gasteiger partial charge in [0.25, 0.3) is 5.91 Å².